The van der Waals surface area contributed by atoms with Gasteiger partial charge in [0.15, 0.2) is 5.82 Å². The second-order valence-electron chi connectivity index (χ2n) is 12.5. The Kier molecular flexibility index (Phi) is 8.48. The van der Waals surface area contributed by atoms with E-state index in [0.717, 1.165) is 42.7 Å². The molecule has 0 atom stereocenters. The molecule has 12 heteroatoms. The van der Waals surface area contributed by atoms with E-state index in [9.17, 15) is 14.4 Å². The first-order chi connectivity index (χ1) is 20.8. The first-order valence-corrected chi connectivity index (χ1v) is 14.7. The standard InChI is InChI=1S/C32H38F2N6O4/c1-31(2,3)44-30(43)37-22-9-7-20(8-10-22)17-36-28(41)27-35-18-26-32(11-6-12-32)39(13-14-40(26)27)19-23-24(33)15-21(16-25(23)34)29(42)38(4)5/h7-10,15-16,18H,6,11-14,17,19H2,1-5H3,(H,36,41)(H,37,43). The number of imidazole rings is 1. The minimum atomic E-state index is -0.752. The van der Waals surface area contributed by atoms with Crippen molar-refractivity contribution in [2.75, 3.05) is 26.0 Å². The highest BCUT2D eigenvalue weighted by Gasteiger charge is 2.49. The number of ether oxygens (including phenoxy) is 1. The molecular weight excluding hydrogens is 570 g/mol. The number of halogens is 2. The molecule has 0 saturated heterocycles. The Bertz CT molecular complexity index is 1550. The molecule has 0 unspecified atom stereocenters. The number of amides is 3. The number of hydrogen-bond acceptors (Lipinski definition) is 6. The summed E-state index contributed by atoms with van der Waals surface area (Å²) in [6.07, 6.45) is 3.66. The molecule has 1 spiro atoms. The van der Waals surface area contributed by atoms with Gasteiger partial charge in [-0.05, 0) is 69.9 Å². The number of carbonyl (C=O) groups is 3. The lowest BCUT2D eigenvalue weighted by molar-refractivity contribution is -0.0229. The number of nitrogens with zero attached hydrogens (tertiary/aromatic N) is 4. The molecule has 2 aliphatic rings. The molecule has 10 nitrogen and oxygen atoms in total. The first kappa shape index (κ1) is 31.1. The summed E-state index contributed by atoms with van der Waals surface area (Å²) in [4.78, 5) is 45.2. The predicted molar refractivity (Wildman–Crippen MR) is 160 cm³/mol. The van der Waals surface area contributed by atoms with Crippen molar-refractivity contribution in [2.24, 2.45) is 0 Å². The van der Waals surface area contributed by atoms with Crippen LogP contribution in [0.25, 0.3) is 0 Å². The second-order valence-corrected chi connectivity index (χ2v) is 12.5. The lowest BCUT2D eigenvalue weighted by Gasteiger charge is -2.53. The summed E-state index contributed by atoms with van der Waals surface area (Å²) in [6, 6.07) is 9.26. The van der Waals surface area contributed by atoms with Crippen LogP contribution >= 0.6 is 0 Å². The lowest BCUT2D eigenvalue weighted by Crippen LogP contribution is -2.56. The van der Waals surface area contributed by atoms with E-state index in [2.05, 4.69) is 20.5 Å². The van der Waals surface area contributed by atoms with E-state index in [4.69, 9.17) is 4.74 Å². The van der Waals surface area contributed by atoms with Gasteiger partial charge < -0.3 is 19.5 Å². The highest BCUT2D eigenvalue weighted by atomic mass is 19.1. The number of rotatable bonds is 7. The summed E-state index contributed by atoms with van der Waals surface area (Å²) in [5.74, 6) is -2.01. The van der Waals surface area contributed by atoms with Gasteiger partial charge in [0.1, 0.15) is 17.2 Å². The molecule has 2 N–H and O–H groups in total. The van der Waals surface area contributed by atoms with Gasteiger partial charge in [-0.2, -0.15) is 0 Å². The average Bonchev–Trinajstić information content (AvgIpc) is 3.36. The van der Waals surface area contributed by atoms with Crippen molar-refractivity contribution in [2.45, 2.75) is 70.8 Å². The number of nitrogens with one attached hydrogen (secondary N) is 2. The van der Waals surface area contributed by atoms with Crippen LogP contribution in [0.1, 0.15) is 77.8 Å². The SMILES string of the molecule is CN(C)C(=O)c1cc(F)c(CN2CCn3c(cnc3C(=O)NCc3ccc(NC(=O)OC(C)(C)C)cc3)C23CCC3)c(F)c1. The first-order valence-electron chi connectivity index (χ1n) is 14.7. The molecule has 3 amide bonds. The van der Waals surface area contributed by atoms with Crippen LogP contribution in [0.4, 0.5) is 19.3 Å². The molecule has 1 aliphatic carbocycles. The van der Waals surface area contributed by atoms with Crippen LogP contribution in [-0.2, 0) is 29.9 Å². The zero-order valence-corrected chi connectivity index (χ0v) is 25.7. The summed E-state index contributed by atoms with van der Waals surface area (Å²) in [6.45, 7) is 6.58. The number of hydrogen-bond donors (Lipinski definition) is 2. The van der Waals surface area contributed by atoms with Crippen LogP contribution in [0.15, 0.2) is 42.6 Å². The van der Waals surface area contributed by atoms with E-state index in [0.29, 0.717) is 18.8 Å². The van der Waals surface area contributed by atoms with Gasteiger partial charge >= 0.3 is 6.09 Å². The monoisotopic (exact) mass is 608 g/mol. The summed E-state index contributed by atoms with van der Waals surface area (Å²) in [5.41, 5.74) is 1.08. The Morgan fingerprint density at radius 3 is 2.27 bits per heavy atom. The lowest BCUT2D eigenvalue weighted by atomic mass is 9.72. The Labute approximate surface area is 255 Å². The van der Waals surface area contributed by atoms with Gasteiger partial charge in [-0.1, -0.05) is 12.1 Å². The van der Waals surface area contributed by atoms with Crippen LogP contribution in [0.2, 0.25) is 0 Å². The van der Waals surface area contributed by atoms with E-state index in [-0.39, 0.29) is 35.9 Å². The van der Waals surface area contributed by atoms with Crippen molar-refractivity contribution >= 4 is 23.6 Å². The average molecular weight is 609 g/mol. The summed E-state index contributed by atoms with van der Waals surface area (Å²) in [7, 11) is 3.06. The maximum absolute atomic E-state index is 15.1. The molecule has 234 valence electrons. The van der Waals surface area contributed by atoms with E-state index >= 15 is 8.78 Å². The zero-order chi connectivity index (χ0) is 31.8. The van der Waals surface area contributed by atoms with Gasteiger partial charge in [-0.3, -0.25) is 19.8 Å². The molecule has 1 saturated carbocycles. The van der Waals surface area contributed by atoms with Crippen molar-refractivity contribution in [3.63, 3.8) is 0 Å². The van der Waals surface area contributed by atoms with Crippen LogP contribution < -0.4 is 10.6 Å². The van der Waals surface area contributed by atoms with Crippen molar-refractivity contribution in [1.29, 1.82) is 0 Å². The van der Waals surface area contributed by atoms with Gasteiger partial charge in [-0.25, -0.2) is 18.6 Å². The molecule has 0 radical (unpaired) electrons. The quantitative estimate of drug-likeness (QED) is 0.389. The van der Waals surface area contributed by atoms with Crippen molar-refractivity contribution in [3.8, 4) is 0 Å². The van der Waals surface area contributed by atoms with Gasteiger partial charge in [0.25, 0.3) is 11.8 Å². The van der Waals surface area contributed by atoms with Crippen LogP contribution in [0.5, 0.6) is 0 Å². The highest BCUT2D eigenvalue weighted by molar-refractivity contribution is 5.94. The molecule has 1 aliphatic heterocycles. The smallest absolute Gasteiger partial charge is 0.412 e. The molecule has 2 aromatic carbocycles. The second kappa shape index (κ2) is 12.0. The van der Waals surface area contributed by atoms with Gasteiger partial charge in [0, 0.05) is 57.1 Å². The number of anilines is 1. The van der Waals surface area contributed by atoms with E-state index in [1.54, 1.807) is 51.2 Å². The largest absolute Gasteiger partial charge is 0.444 e. The third-order valence-corrected chi connectivity index (χ3v) is 8.11. The number of aromatic nitrogens is 2. The van der Waals surface area contributed by atoms with Gasteiger partial charge in [0.2, 0.25) is 0 Å². The maximum atomic E-state index is 15.1. The van der Waals surface area contributed by atoms with Gasteiger partial charge in [0.05, 0.1) is 17.4 Å². The molecule has 0 bridgehead atoms. The topological polar surface area (TPSA) is 109 Å². The highest BCUT2D eigenvalue weighted by Crippen LogP contribution is 2.49. The Balaban J connectivity index is 1.25. The number of benzene rings is 2. The number of carbonyl (C=O) groups excluding carboxylic acids is 3. The van der Waals surface area contributed by atoms with Crippen LogP contribution in [0.3, 0.4) is 0 Å². The molecule has 2 heterocycles. The minimum Gasteiger partial charge on any atom is -0.444 e. The van der Waals surface area contributed by atoms with Crippen molar-refractivity contribution in [1.82, 2.24) is 24.7 Å². The molecule has 1 aromatic heterocycles. The summed E-state index contributed by atoms with van der Waals surface area (Å²) in [5, 5.41) is 5.60. The predicted octanol–water partition coefficient (Wildman–Crippen LogP) is 5.04. The van der Waals surface area contributed by atoms with E-state index < -0.39 is 34.8 Å². The molecular formula is C32H38F2N6O4. The van der Waals surface area contributed by atoms with Crippen LogP contribution in [-0.4, -0.2) is 63.5 Å². The molecule has 5 rings (SSSR count). The number of fused-ring (bicyclic) bond motifs is 2. The normalized spacial score (nSPS) is 15.7. The molecule has 44 heavy (non-hydrogen) atoms. The zero-order valence-electron chi connectivity index (χ0n) is 25.7. The minimum absolute atomic E-state index is 0.0344. The Hall–Kier alpha value is -4.32. The summed E-state index contributed by atoms with van der Waals surface area (Å²) >= 11 is 0. The summed E-state index contributed by atoms with van der Waals surface area (Å²) < 4.78 is 37.4. The molecule has 3 aromatic rings. The van der Waals surface area contributed by atoms with Crippen LogP contribution in [0, 0.1) is 11.6 Å². The van der Waals surface area contributed by atoms with Gasteiger partial charge in [-0.15, -0.1) is 0 Å². The third kappa shape index (κ3) is 6.30. The molecule has 1 fully saturated rings. The fraction of sp³-hybridized carbons (Fsp3) is 0.438. The van der Waals surface area contributed by atoms with E-state index in [1.165, 1.54) is 19.0 Å². The van der Waals surface area contributed by atoms with E-state index in [1.807, 2.05) is 4.57 Å². The maximum Gasteiger partial charge on any atom is 0.412 e. The fourth-order valence-corrected chi connectivity index (χ4v) is 5.78. The van der Waals surface area contributed by atoms with Crippen molar-refractivity contribution < 1.29 is 27.9 Å². The fourth-order valence-electron chi connectivity index (χ4n) is 5.78. The Morgan fingerprint density at radius 2 is 1.70 bits per heavy atom. The van der Waals surface area contributed by atoms with Crippen molar-refractivity contribution in [3.05, 3.63) is 82.4 Å². The third-order valence-electron chi connectivity index (χ3n) is 8.11. The Morgan fingerprint density at radius 1 is 1.05 bits per heavy atom.